The average molecular weight is 251 g/mol. The Kier molecular flexibility index (Phi) is 2.93. The predicted octanol–water partition coefficient (Wildman–Crippen LogP) is 1.81. The summed E-state index contributed by atoms with van der Waals surface area (Å²) < 4.78 is 0. The van der Waals surface area contributed by atoms with Gasteiger partial charge in [-0.3, -0.25) is 4.79 Å². The molecule has 2 aromatic rings. The maximum Gasteiger partial charge on any atom is 0.276 e. The lowest BCUT2D eigenvalue weighted by atomic mass is 9.98. The molecular weight excluding hydrogens is 238 g/mol. The van der Waals surface area contributed by atoms with E-state index in [2.05, 4.69) is 46.5 Å². The molecule has 2 rings (SSSR count). The van der Waals surface area contributed by atoms with Crippen molar-refractivity contribution in [1.82, 2.24) is 20.4 Å². The number of anilines is 1. The van der Waals surface area contributed by atoms with E-state index in [4.69, 9.17) is 0 Å². The van der Waals surface area contributed by atoms with E-state index in [1.165, 1.54) is 17.5 Å². The Balaban J connectivity index is 2.13. The lowest BCUT2D eigenvalue weighted by Gasteiger charge is -2.13. The summed E-state index contributed by atoms with van der Waals surface area (Å²) >= 11 is 1.48. The van der Waals surface area contributed by atoms with Crippen molar-refractivity contribution >= 4 is 23.1 Å². The number of aromatic nitrogens is 4. The number of H-pyrrole nitrogens is 1. The lowest BCUT2D eigenvalue weighted by molar-refractivity contribution is 0.102. The van der Waals surface area contributed by atoms with Crippen LogP contribution < -0.4 is 5.32 Å². The number of aromatic amines is 1. The second-order valence-corrected chi connectivity index (χ2v) is 5.46. The Morgan fingerprint density at radius 3 is 2.76 bits per heavy atom. The zero-order chi connectivity index (χ0) is 12.5. The molecule has 0 bridgehead atoms. The summed E-state index contributed by atoms with van der Waals surface area (Å²) in [5, 5.41) is 15.1. The van der Waals surface area contributed by atoms with Crippen molar-refractivity contribution in [2.45, 2.75) is 26.2 Å². The Labute approximate surface area is 102 Å². The molecule has 1 amide bonds. The first-order chi connectivity index (χ1) is 7.97. The maximum atomic E-state index is 11.8. The molecule has 2 aromatic heterocycles. The normalized spacial score (nSPS) is 11.5. The minimum atomic E-state index is -0.273. The third-order valence-electron chi connectivity index (χ3n) is 2.04. The number of amides is 1. The second-order valence-electron chi connectivity index (χ2n) is 4.60. The molecule has 0 aromatic carbocycles. The fourth-order valence-corrected chi connectivity index (χ4v) is 2.05. The van der Waals surface area contributed by atoms with E-state index < -0.39 is 0 Å². The van der Waals surface area contributed by atoms with Crippen molar-refractivity contribution in [2.24, 2.45) is 0 Å². The van der Waals surface area contributed by atoms with Gasteiger partial charge in [-0.05, 0) is 0 Å². The summed E-state index contributed by atoms with van der Waals surface area (Å²) in [5.41, 5.74) is 0.361. The molecule has 2 heterocycles. The molecule has 0 aliphatic rings. The number of carbonyl (C=O) groups excluding carboxylic acids is 1. The number of carbonyl (C=O) groups is 1. The molecule has 0 unspecified atom stereocenters. The Hall–Kier alpha value is -1.76. The van der Waals surface area contributed by atoms with Crippen LogP contribution >= 0.6 is 11.3 Å². The molecule has 0 saturated heterocycles. The average Bonchev–Trinajstić information content (AvgIpc) is 2.85. The van der Waals surface area contributed by atoms with Crippen LogP contribution in [0.1, 0.15) is 36.3 Å². The van der Waals surface area contributed by atoms with Crippen LogP contribution in [0.3, 0.4) is 0 Å². The first-order valence-electron chi connectivity index (χ1n) is 5.10. The van der Waals surface area contributed by atoms with Gasteiger partial charge in [0.25, 0.3) is 5.91 Å². The van der Waals surface area contributed by atoms with Crippen LogP contribution in [-0.4, -0.2) is 26.3 Å². The van der Waals surface area contributed by atoms with Gasteiger partial charge in [-0.15, -0.1) is 16.4 Å². The highest BCUT2D eigenvalue weighted by Gasteiger charge is 2.20. The molecule has 0 fully saturated rings. The maximum absolute atomic E-state index is 11.8. The highest BCUT2D eigenvalue weighted by Crippen LogP contribution is 2.25. The van der Waals surface area contributed by atoms with E-state index in [-0.39, 0.29) is 11.3 Å². The van der Waals surface area contributed by atoms with Gasteiger partial charge in [0.15, 0.2) is 5.82 Å². The van der Waals surface area contributed by atoms with Gasteiger partial charge >= 0.3 is 0 Å². The molecule has 0 aliphatic carbocycles. The number of rotatable bonds is 2. The van der Waals surface area contributed by atoms with E-state index in [1.807, 2.05) is 0 Å². The standard InChI is InChI=1S/C10H13N5OS/c1-10(2,3)9-12-6(5-17-9)8(16)13-7-4-11-15-14-7/h4-5H,1-3H3,(H2,11,13,14,15,16). The first-order valence-corrected chi connectivity index (χ1v) is 5.98. The van der Waals surface area contributed by atoms with E-state index in [1.54, 1.807) is 5.38 Å². The van der Waals surface area contributed by atoms with Crippen molar-refractivity contribution in [3.8, 4) is 0 Å². The first kappa shape index (κ1) is 11.7. The predicted molar refractivity (Wildman–Crippen MR) is 65.1 cm³/mol. The third-order valence-corrected chi connectivity index (χ3v) is 3.30. The zero-order valence-corrected chi connectivity index (χ0v) is 10.6. The summed E-state index contributed by atoms with van der Waals surface area (Å²) in [4.78, 5) is 16.1. The highest BCUT2D eigenvalue weighted by atomic mass is 32.1. The van der Waals surface area contributed by atoms with Crippen molar-refractivity contribution in [2.75, 3.05) is 5.32 Å². The number of thiazole rings is 1. The molecular formula is C10H13N5OS. The highest BCUT2D eigenvalue weighted by molar-refractivity contribution is 7.10. The van der Waals surface area contributed by atoms with Crippen molar-refractivity contribution < 1.29 is 4.79 Å². The molecule has 0 saturated carbocycles. The fraction of sp³-hybridized carbons (Fsp3) is 0.400. The van der Waals surface area contributed by atoms with Gasteiger partial charge in [0.05, 0.1) is 11.2 Å². The van der Waals surface area contributed by atoms with Crippen LogP contribution in [0.2, 0.25) is 0 Å². The SMILES string of the molecule is CC(C)(C)c1nc(C(=O)Nc2cn[nH]n2)cs1. The van der Waals surface area contributed by atoms with Crippen LogP contribution in [0.15, 0.2) is 11.6 Å². The Morgan fingerprint density at radius 2 is 2.24 bits per heavy atom. The second kappa shape index (κ2) is 4.25. The number of nitrogens with one attached hydrogen (secondary N) is 2. The van der Waals surface area contributed by atoms with Crippen LogP contribution in [0, 0.1) is 0 Å². The molecule has 0 atom stereocenters. The van der Waals surface area contributed by atoms with Gasteiger partial charge in [0.1, 0.15) is 5.69 Å². The monoisotopic (exact) mass is 251 g/mol. The van der Waals surface area contributed by atoms with Gasteiger partial charge in [-0.25, -0.2) is 4.98 Å². The Bertz CT molecular complexity index is 511. The quantitative estimate of drug-likeness (QED) is 0.852. The summed E-state index contributed by atoms with van der Waals surface area (Å²) in [6.45, 7) is 6.18. The Morgan fingerprint density at radius 1 is 1.47 bits per heavy atom. The molecule has 2 N–H and O–H groups in total. The van der Waals surface area contributed by atoms with E-state index >= 15 is 0 Å². The number of hydrogen-bond donors (Lipinski definition) is 2. The number of nitrogens with zero attached hydrogens (tertiary/aromatic N) is 3. The zero-order valence-electron chi connectivity index (χ0n) is 9.81. The summed E-state index contributed by atoms with van der Waals surface area (Å²) in [7, 11) is 0. The van der Waals surface area contributed by atoms with Crippen LogP contribution in [-0.2, 0) is 5.41 Å². The van der Waals surface area contributed by atoms with Crippen LogP contribution in [0.25, 0.3) is 0 Å². The van der Waals surface area contributed by atoms with Gasteiger partial charge in [0.2, 0.25) is 0 Å². The molecule has 17 heavy (non-hydrogen) atoms. The molecule has 0 radical (unpaired) electrons. The van der Waals surface area contributed by atoms with Gasteiger partial charge in [-0.1, -0.05) is 20.8 Å². The summed E-state index contributed by atoms with van der Waals surface area (Å²) in [6, 6.07) is 0. The van der Waals surface area contributed by atoms with Gasteiger partial charge in [0, 0.05) is 10.8 Å². The smallest absolute Gasteiger partial charge is 0.276 e. The van der Waals surface area contributed by atoms with E-state index in [9.17, 15) is 4.79 Å². The third kappa shape index (κ3) is 2.68. The van der Waals surface area contributed by atoms with E-state index in [0.29, 0.717) is 11.5 Å². The van der Waals surface area contributed by atoms with Crippen molar-refractivity contribution in [3.63, 3.8) is 0 Å². The largest absolute Gasteiger partial charge is 0.302 e. The lowest BCUT2D eigenvalue weighted by Crippen LogP contribution is -2.15. The molecule has 6 nitrogen and oxygen atoms in total. The minimum Gasteiger partial charge on any atom is -0.302 e. The molecule has 7 heteroatoms. The van der Waals surface area contributed by atoms with Gasteiger partial charge < -0.3 is 5.32 Å². The molecule has 0 aliphatic heterocycles. The molecule has 0 spiro atoms. The topological polar surface area (TPSA) is 83.6 Å². The van der Waals surface area contributed by atoms with Crippen molar-refractivity contribution in [3.05, 3.63) is 22.3 Å². The minimum absolute atomic E-state index is 0.0446. The van der Waals surface area contributed by atoms with E-state index in [0.717, 1.165) is 5.01 Å². The summed E-state index contributed by atoms with van der Waals surface area (Å²) in [5.74, 6) is 0.117. The van der Waals surface area contributed by atoms with Gasteiger partial charge in [-0.2, -0.15) is 10.3 Å². The summed E-state index contributed by atoms with van der Waals surface area (Å²) in [6.07, 6.45) is 1.44. The van der Waals surface area contributed by atoms with Crippen LogP contribution in [0.5, 0.6) is 0 Å². The van der Waals surface area contributed by atoms with Crippen LogP contribution in [0.4, 0.5) is 5.82 Å². The van der Waals surface area contributed by atoms with Crippen molar-refractivity contribution in [1.29, 1.82) is 0 Å². The fourth-order valence-electron chi connectivity index (χ4n) is 1.16. The molecule has 90 valence electrons. The number of hydrogen-bond acceptors (Lipinski definition) is 5.